The minimum atomic E-state index is -0.00116. The van der Waals surface area contributed by atoms with Crippen LogP contribution in [0.15, 0.2) is 18.3 Å². The molecule has 0 bridgehead atoms. The molecular formula is C16H26N4O. The molecule has 5 heteroatoms. The SMILES string of the molecule is CCN(CC)C(=O)c1cc(NCCN(C)C2CC2)ccn1. The number of nitrogens with one attached hydrogen (secondary N) is 1. The molecule has 1 saturated carbocycles. The zero-order valence-electron chi connectivity index (χ0n) is 13.3. The Morgan fingerprint density at radius 1 is 1.38 bits per heavy atom. The van der Waals surface area contributed by atoms with Crippen molar-refractivity contribution < 1.29 is 4.79 Å². The van der Waals surface area contributed by atoms with Crippen molar-refractivity contribution in [1.29, 1.82) is 0 Å². The van der Waals surface area contributed by atoms with Crippen LogP contribution < -0.4 is 5.32 Å². The van der Waals surface area contributed by atoms with Gasteiger partial charge in [0.05, 0.1) is 0 Å². The highest BCUT2D eigenvalue weighted by molar-refractivity contribution is 5.93. The number of carbonyl (C=O) groups is 1. The first-order valence-electron chi connectivity index (χ1n) is 7.85. The molecule has 1 aromatic heterocycles. The first-order chi connectivity index (χ1) is 10.2. The zero-order valence-corrected chi connectivity index (χ0v) is 13.3. The molecule has 5 nitrogen and oxygen atoms in total. The van der Waals surface area contributed by atoms with Crippen molar-refractivity contribution in [3.63, 3.8) is 0 Å². The summed E-state index contributed by atoms with van der Waals surface area (Å²) >= 11 is 0. The summed E-state index contributed by atoms with van der Waals surface area (Å²) in [6.45, 7) is 7.29. The lowest BCUT2D eigenvalue weighted by molar-refractivity contribution is 0.0767. The summed E-state index contributed by atoms with van der Waals surface area (Å²) in [6, 6.07) is 4.54. The number of rotatable bonds is 8. The van der Waals surface area contributed by atoms with Crippen LogP contribution in [0.1, 0.15) is 37.2 Å². The molecule has 0 saturated heterocycles. The van der Waals surface area contributed by atoms with Gasteiger partial charge < -0.3 is 15.1 Å². The third-order valence-electron chi connectivity index (χ3n) is 3.99. The molecule has 0 aromatic carbocycles. The van der Waals surface area contributed by atoms with Crippen molar-refractivity contribution in [2.75, 3.05) is 38.5 Å². The highest BCUT2D eigenvalue weighted by Crippen LogP contribution is 2.24. The summed E-state index contributed by atoms with van der Waals surface area (Å²) in [5.74, 6) is -0.00116. The molecule has 0 aliphatic heterocycles. The van der Waals surface area contributed by atoms with Crippen molar-refractivity contribution >= 4 is 11.6 Å². The third kappa shape index (κ3) is 4.43. The van der Waals surface area contributed by atoms with Crippen LogP contribution in [-0.4, -0.2) is 60.0 Å². The standard InChI is InChI=1S/C16H26N4O/c1-4-20(5-2)16(21)15-12-13(8-9-18-15)17-10-11-19(3)14-6-7-14/h8-9,12,14H,4-7,10-11H2,1-3H3,(H,17,18). The number of hydrogen-bond donors (Lipinski definition) is 1. The van der Waals surface area contributed by atoms with E-state index in [-0.39, 0.29) is 5.91 Å². The van der Waals surface area contributed by atoms with E-state index in [9.17, 15) is 4.79 Å². The van der Waals surface area contributed by atoms with Crippen LogP contribution in [0.2, 0.25) is 0 Å². The van der Waals surface area contributed by atoms with E-state index >= 15 is 0 Å². The predicted molar refractivity (Wildman–Crippen MR) is 85.6 cm³/mol. The Morgan fingerprint density at radius 2 is 2.10 bits per heavy atom. The van der Waals surface area contributed by atoms with Gasteiger partial charge in [0.15, 0.2) is 0 Å². The Bertz CT molecular complexity index is 469. The molecule has 1 fully saturated rings. The van der Waals surface area contributed by atoms with E-state index in [0.717, 1.165) is 24.8 Å². The van der Waals surface area contributed by atoms with Gasteiger partial charge in [-0.05, 0) is 45.9 Å². The van der Waals surface area contributed by atoms with Crippen LogP contribution in [0, 0.1) is 0 Å². The largest absolute Gasteiger partial charge is 0.384 e. The number of nitrogens with zero attached hydrogens (tertiary/aromatic N) is 3. The van der Waals surface area contributed by atoms with Crippen LogP contribution in [-0.2, 0) is 0 Å². The number of aromatic nitrogens is 1. The number of hydrogen-bond acceptors (Lipinski definition) is 4. The highest BCUT2D eigenvalue weighted by Gasteiger charge is 2.25. The van der Waals surface area contributed by atoms with Gasteiger partial charge in [0.25, 0.3) is 5.91 Å². The summed E-state index contributed by atoms with van der Waals surface area (Å²) in [5, 5.41) is 3.38. The van der Waals surface area contributed by atoms with E-state index in [1.807, 2.05) is 26.0 Å². The van der Waals surface area contributed by atoms with Crippen LogP contribution in [0.25, 0.3) is 0 Å². The number of anilines is 1. The third-order valence-corrected chi connectivity index (χ3v) is 3.99. The summed E-state index contributed by atoms with van der Waals surface area (Å²) < 4.78 is 0. The van der Waals surface area contributed by atoms with Gasteiger partial charge in [-0.3, -0.25) is 9.78 Å². The van der Waals surface area contributed by atoms with Gasteiger partial charge >= 0.3 is 0 Å². The fraction of sp³-hybridized carbons (Fsp3) is 0.625. The minimum absolute atomic E-state index is 0.00116. The summed E-state index contributed by atoms with van der Waals surface area (Å²) in [7, 11) is 2.17. The Hall–Kier alpha value is -1.62. The van der Waals surface area contributed by atoms with E-state index in [4.69, 9.17) is 0 Å². The molecule has 116 valence electrons. The van der Waals surface area contributed by atoms with Gasteiger partial charge in [0.1, 0.15) is 5.69 Å². The fourth-order valence-corrected chi connectivity index (χ4v) is 2.40. The first kappa shape index (κ1) is 15.8. The second-order valence-electron chi connectivity index (χ2n) is 5.55. The van der Waals surface area contributed by atoms with Crippen LogP contribution in [0.4, 0.5) is 5.69 Å². The van der Waals surface area contributed by atoms with Crippen molar-refractivity contribution in [3.05, 3.63) is 24.0 Å². The number of amides is 1. The van der Waals surface area contributed by atoms with Gasteiger partial charge in [-0.25, -0.2) is 0 Å². The maximum Gasteiger partial charge on any atom is 0.272 e. The van der Waals surface area contributed by atoms with E-state index in [2.05, 4.69) is 22.2 Å². The quantitative estimate of drug-likeness (QED) is 0.796. The molecule has 1 aromatic rings. The molecular weight excluding hydrogens is 264 g/mol. The van der Waals surface area contributed by atoms with E-state index in [0.29, 0.717) is 18.8 Å². The maximum absolute atomic E-state index is 12.3. The van der Waals surface area contributed by atoms with Gasteiger partial charge in [0, 0.05) is 44.1 Å². The first-order valence-corrected chi connectivity index (χ1v) is 7.85. The molecule has 0 unspecified atom stereocenters. The summed E-state index contributed by atoms with van der Waals surface area (Å²) in [4.78, 5) is 20.6. The van der Waals surface area contributed by atoms with Gasteiger partial charge in [-0.15, -0.1) is 0 Å². The molecule has 0 spiro atoms. The zero-order chi connectivity index (χ0) is 15.2. The average Bonchev–Trinajstić information content (AvgIpc) is 3.33. The van der Waals surface area contributed by atoms with Crippen LogP contribution in [0.5, 0.6) is 0 Å². The Kier molecular flexibility index (Phi) is 5.56. The lowest BCUT2D eigenvalue weighted by Gasteiger charge is -2.19. The second-order valence-corrected chi connectivity index (χ2v) is 5.55. The Morgan fingerprint density at radius 3 is 2.71 bits per heavy atom. The topological polar surface area (TPSA) is 48.5 Å². The number of carbonyl (C=O) groups excluding carboxylic acids is 1. The highest BCUT2D eigenvalue weighted by atomic mass is 16.2. The molecule has 2 rings (SSSR count). The average molecular weight is 290 g/mol. The molecule has 1 N–H and O–H groups in total. The normalized spacial score (nSPS) is 14.3. The van der Waals surface area contributed by atoms with Crippen molar-refractivity contribution in [2.24, 2.45) is 0 Å². The van der Waals surface area contributed by atoms with Gasteiger partial charge in [-0.1, -0.05) is 0 Å². The fourth-order valence-electron chi connectivity index (χ4n) is 2.40. The Labute approximate surface area is 127 Å². The maximum atomic E-state index is 12.3. The van der Waals surface area contributed by atoms with Crippen molar-refractivity contribution in [3.8, 4) is 0 Å². The van der Waals surface area contributed by atoms with E-state index in [1.54, 1.807) is 11.1 Å². The minimum Gasteiger partial charge on any atom is -0.384 e. The van der Waals surface area contributed by atoms with Crippen molar-refractivity contribution in [1.82, 2.24) is 14.8 Å². The molecule has 21 heavy (non-hydrogen) atoms. The van der Waals surface area contributed by atoms with E-state index < -0.39 is 0 Å². The summed E-state index contributed by atoms with van der Waals surface area (Å²) in [5.41, 5.74) is 1.48. The molecule has 1 heterocycles. The molecule has 1 aliphatic carbocycles. The number of likely N-dealkylation sites (N-methyl/N-ethyl adjacent to an activating group) is 1. The van der Waals surface area contributed by atoms with Crippen LogP contribution in [0.3, 0.4) is 0 Å². The molecule has 0 atom stereocenters. The predicted octanol–water partition coefficient (Wildman–Crippen LogP) is 2.07. The van der Waals surface area contributed by atoms with Gasteiger partial charge in [-0.2, -0.15) is 0 Å². The molecule has 0 radical (unpaired) electrons. The van der Waals surface area contributed by atoms with Crippen LogP contribution >= 0.6 is 0 Å². The van der Waals surface area contributed by atoms with Crippen molar-refractivity contribution in [2.45, 2.75) is 32.7 Å². The smallest absolute Gasteiger partial charge is 0.272 e. The molecule has 1 amide bonds. The lowest BCUT2D eigenvalue weighted by Crippen LogP contribution is -2.31. The molecule has 1 aliphatic rings. The summed E-state index contributed by atoms with van der Waals surface area (Å²) in [6.07, 6.45) is 4.35. The van der Waals surface area contributed by atoms with Gasteiger partial charge in [0.2, 0.25) is 0 Å². The lowest BCUT2D eigenvalue weighted by atomic mass is 10.2. The second kappa shape index (κ2) is 7.41. The van der Waals surface area contributed by atoms with E-state index in [1.165, 1.54) is 12.8 Å². The number of pyridine rings is 1. The Balaban J connectivity index is 1.89. The monoisotopic (exact) mass is 290 g/mol.